The Bertz CT molecular complexity index is 432. The van der Waals surface area contributed by atoms with Gasteiger partial charge in [0.2, 0.25) is 0 Å². The number of hydrogen-bond acceptors (Lipinski definition) is 0. The van der Waals surface area contributed by atoms with Crippen molar-refractivity contribution in [2.45, 2.75) is 51.4 Å². The van der Waals surface area contributed by atoms with Crippen molar-refractivity contribution in [3.05, 3.63) is 73.5 Å². The summed E-state index contributed by atoms with van der Waals surface area (Å²) < 4.78 is 0. The number of fused-ring (bicyclic) bond motifs is 2. The van der Waals surface area contributed by atoms with Crippen LogP contribution in [-0.2, 0) is 44.9 Å². The number of rotatable bonds is 0. The van der Waals surface area contributed by atoms with Crippen molar-refractivity contribution in [1.29, 1.82) is 0 Å². The maximum Gasteiger partial charge on any atom is -0.0512 e. The van der Waals surface area contributed by atoms with Crippen molar-refractivity contribution >= 4 is 32.4 Å². The molecule has 0 fully saturated rings. The first-order valence-corrected chi connectivity index (χ1v) is 11.8. The van der Waals surface area contributed by atoms with Crippen LogP contribution in [0.5, 0.6) is 0 Å². The zero-order valence-electron chi connectivity index (χ0n) is 15.1. The normalized spacial score (nSPS) is 13.1. The van der Waals surface area contributed by atoms with Gasteiger partial charge in [-0.3, -0.25) is 0 Å². The van der Waals surface area contributed by atoms with Crippen molar-refractivity contribution < 1.29 is 19.2 Å². The van der Waals surface area contributed by atoms with E-state index >= 15 is 0 Å². The average molecular weight is 419 g/mol. The van der Waals surface area contributed by atoms with Gasteiger partial charge in [0.1, 0.15) is 0 Å². The third-order valence-electron chi connectivity index (χ3n) is 4.30. The van der Waals surface area contributed by atoms with Gasteiger partial charge < -0.3 is 14.9 Å². The number of hydrogen-bond donors (Lipinski definition) is 0. The minimum Gasteiger partial charge on any atom is -0.210 e. The van der Waals surface area contributed by atoms with Crippen molar-refractivity contribution in [3.63, 3.8) is 0 Å². The van der Waals surface area contributed by atoms with Gasteiger partial charge in [-0.1, -0.05) is 51.4 Å². The van der Waals surface area contributed by atoms with Gasteiger partial charge in [-0.25, -0.2) is 12.1 Å². The van der Waals surface area contributed by atoms with E-state index in [2.05, 4.69) is 36.4 Å². The Balaban J connectivity index is -0.000000290. The molecule has 0 atom stereocenters. The Labute approximate surface area is 175 Å². The molecule has 0 nitrogen and oxygen atoms in total. The number of halogens is 2. The first kappa shape index (κ1) is 29.0. The Morgan fingerprint density at radius 3 is 1.33 bits per heavy atom. The van der Waals surface area contributed by atoms with Gasteiger partial charge in [-0.2, -0.15) is 46.5 Å². The van der Waals surface area contributed by atoms with Crippen LogP contribution in [0.4, 0.5) is 0 Å². The summed E-state index contributed by atoms with van der Waals surface area (Å²) in [4.78, 5) is 0. The second kappa shape index (κ2) is 16.7. The standard InChI is InChI=1S/2C9H11.2CH3.2ClH.H2Si.Ti/c2*1-2-5-9-7-3-6-8(9)4-1;;;;;;/h2*3,6-7H,1-2,4-5H2;2*1H3;2*1H;1H2;/q4*-1;;;;. The van der Waals surface area contributed by atoms with Crippen LogP contribution in [0, 0.1) is 14.9 Å². The summed E-state index contributed by atoms with van der Waals surface area (Å²) >= 11 is 2.03. The summed E-state index contributed by atoms with van der Waals surface area (Å²) in [5.74, 6) is 0. The second-order valence-corrected chi connectivity index (χ2v) is 5.57. The van der Waals surface area contributed by atoms with Crippen molar-refractivity contribution in [3.8, 4) is 0 Å². The molecule has 24 heavy (non-hydrogen) atoms. The van der Waals surface area contributed by atoms with Crippen LogP contribution in [0.2, 0.25) is 0 Å². The molecule has 0 radical (unpaired) electrons. The maximum absolute atomic E-state index is 2.26. The van der Waals surface area contributed by atoms with Gasteiger partial charge in [0.15, 0.2) is 0 Å². The van der Waals surface area contributed by atoms with Crippen LogP contribution in [0.1, 0.15) is 47.9 Å². The van der Waals surface area contributed by atoms with Gasteiger partial charge in [0, 0.05) is 0 Å². The Morgan fingerprint density at radius 1 is 0.667 bits per heavy atom. The molecule has 0 saturated heterocycles. The molecule has 4 heteroatoms. The minimum atomic E-state index is 0. The third-order valence-corrected chi connectivity index (χ3v) is 4.30. The fourth-order valence-electron chi connectivity index (χ4n) is 3.23. The summed E-state index contributed by atoms with van der Waals surface area (Å²) in [5, 5.41) is 0. The zero-order valence-corrected chi connectivity index (χ0v) is 19.8. The van der Waals surface area contributed by atoms with Crippen molar-refractivity contribution in [1.82, 2.24) is 0 Å². The van der Waals surface area contributed by atoms with E-state index in [4.69, 9.17) is 0 Å². The van der Waals surface area contributed by atoms with Crippen LogP contribution >= 0.6 is 24.8 Å². The van der Waals surface area contributed by atoms with E-state index in [1.54, 1.807) is 22.3 Å². The van der Waals surface area contributed by atoms with E-state index in [9.17, 15) is 0 Å². The molecule has 2 aromatic rings. The molecule has 0 aromatic heterocycles. The average Bonchev–Trinajstić information content (AvgIpc) is 3.18. The largest absolute Gasteiger partial charge is 0.210 e. The predicted octanol–water partition coefficient (Wildman–Crippen LogP) is 5.39. The maximum atomic E-state index is 2.26. The molecular weight excluding hydrogens is 387 g/mol. The van der Waals surface area contributed by atoms with Crippen LogP contribution < -0.4 is 0 Å². The summed E-state index contributed by atoms with van der Waals surface area (Å²) in [7, 11) is 1.86. The molecule has 138 valence electrons. The Morgan fingerprint density at radius 2 is 1.00 bits per heavy atom. The molecule has 2 aromatic carbocycles. The summed E-state index contributed by atoms with van der Waals surface area (Å²) in [6.07, 6.45) is 10.9. The molecule has 0 aliphatic heterocycles. The van der Waals surface area contributed by atoms with Crippen molar-refractivity contribution in [2.24, 2.45) is 0 Å². The topological polar surface area (TPSA) is 0 Å². The van der Waals surface area contributed by atoms with Crippen LogP contribution in [0.15, 0.2) is 36.4 Å². The fraction of sp³-hybridized carbons (Fsp3) is 0.400. The predicted molar refractivity (Wildman–Crippen MR) is 113 cm³/mol. The van der Waals surface area contributed by atoms with Gasteiger partial charge in [0.25, 0.3) is 0 Å². The van der Waals surface area contributed by atoms with Crippen LogP contribution in [-0.4, -0.2) is 7.63 Å². The third kappa shape index (κ3) is 8.54. The fourth-order valence-corrected chi connectivity index (χ4v) is 3.23. The summed E-state index contributed by atoms with van der Waals surface area (Å²) in [6, 6.07) is 13.4. The molecule has 2 aliphatic rings. The van der Waals surface area contributed by atoms with Gasteiger partial charge in [-0.05, 0) is 0 Å². The summed E-state index contributed by atoms with van der Waals surface area (Å²) in [5.41, 5.74) is 6.39. The first-order valence-electron chi connectivity index (χ1n) is 7.76. The van der Waals surface area contributed by atoms with E-state index in [0.717, 1.165) is 0 Å². The van der Waals surface area contributed by atoms with E-state index in [-0.39, 0.29) is 39.7 Å². The molecule has 0 bridgehead atoms. The molecule has 0 N–H and O–H groups in total. The molecule has 0 amide bonds. The SMILES string of the molecule is Cl.Cl.[CH3-].[CH3-].[SiH2]=[Ti].c1cc2c([cH-]1)CCCC2.c1cc2c([cH-]1)CCCC2. The molecule has 0 saturated carbocycles. The molecule has 2 aliphatic carbocycles. The van der Waals surface area contributed by atoms with E-state index in [1.807, 2.05) is 26.8 Å². The van der Waals surface area contributed by atoms with Crippen molar-refractivity contribution in [2.75, 3.05) is 0 Å². The van der Waals surface area contributed by atoms with E-state index < -0.39 is 0 Å². The Kier molecular flexibility index (Phi) is 20.1. The van der Waals surface area contributed by atoms with E-state index in [0.29, 0.717) is 0 Å². The molecule has 0 heterocycles. The first-order chi connectivity index (χ1) is 9.93. The van der Waals surface area contributed by atoms with Gasteiger partial charge in [-0.15, -0.1) is 24.8 Å². The quantitative estimate of drug-likeness (QED) is 0.397. The monoisotopic (exact) mass is 418 g/mol. The Hall–Kier alpha value is 0.211. The van der Waals surface area contributed by atoms with E-state index in [1.165, 1.54) is 51.4 Å². The molecular formula is C20H32Cl2SiTi-4. The minimum absolute atomic E-state index is 0. The number of aryl methyl sites for hydroxylation is 4. The van der Waals surface area contributed by atoms with Gasteiger partial charge in [0.05, 0.1) is 0 Å². The second-order valence-electron chi connectivity index (χ2n) is 5.57. The zero-order chi connectivity index (χ0) is 14.2. The molecule has 4 rings (SSSR count). The molecule has 0 unspecified atom stereocenters. The van der Waals surface area contributed by atoms with Crippen LogP contribution in [0.3, 0.4) is 0 Å². The molecule has 0 spiro atoms. The smallest absolute Gasteiger partial charge is 0.0512 e. The van der Waals surface area contributed by atoms with Gasteiger partial charge >= 0.3 is 26.8 Å². The summed E-state index contributed by atoms with van der Waals surface area (Å²) in [6.45, 7) is 0. The van der Waals surface area contributed by atoms with Crippen LogP contribution in [0.25, 0.3) is 0 Å².